The van der Waals surface area contributed by atoms with Crippen molar-refractivity contribution in [2.45, 2.75) is 46.0 Å². The van der Waals surface area contributed by atoms with Crippen LogP contribution < -0.4 is 5.73 Å². The summed E-state index contributed by atoms with van der Waals surface area (Å²) in [5, 5.41) is 0. The lowest BCUT2D eigenvalue weighted by Crippen LogP contribution is -2.16. The van der Waals surface area contributed by atoms with Crippen LogP contribution in [0.1, 0.15) is 61.5 Å². The summed E-state index contributed by atoms with van der Waals surface area (Å²) in [4.78, 5) is 11.2. The van der Waals surface area contributed by atoms with E-state index in [1.165, 1.54) is 12.1 Å². The Morgan fingerprint density at radius 1 is 1.35 bits per heavy atom. The molecule has 0 aliphatic carbocycles. The standard InChI is InChI=1S/C16H21F2NO/c1-4-6-11(7-5-2)13-9-8-12(15(19)20)10-14(13)16(3,17)18/h6,8-10H,4-5,7H2,1-3H3,(H2,19,20). The Morgan fingerprint density at radius 3 is 2.45 bits per heavy atom. The van der Waals surface area contributed by atoms with Crippen molar-refractivity contribution in [1.29, 1.82) is 0 Å². The average Bonchev–Trinajstić information content (AvgIpc) is 2.36. The Morgan fingerprint density at radius 2 is 2.00 bits per heavy atom. The molecule has 4 heteroatoms. The zero-order valence-corrected chi connectivity index (χ0v) is 12.2. The molecule has 0 heterocycles. The van der Waals surface area contributed by atoms with Crippen LogP contribution >= 0.6 is 0 Å². The second kappa shape index (κ2) is 6.64. The van der Waals surface area contributed by atoms with Gasteiger partial charge in [-0.05, 0) is 36.1 Å². The van der Waals surface area contributed by atoms with Gasteiger partial charge in [-0.2, -0.15) is 0 Å². The predicted octanol–water partition coefficient (Wildman–Crippen LogP) is 4.49. The molecule has 0 aromatic heterocycles. The predicted molar refractivity (Wildman–Crippen MR) is 77.7 cm³/mol. The molecule has 0 radical (unpaired) electrons. The van der Waals surface area contributed by atoms with Gasteiger partial charge in [0.25, 0.3) is 5.92 Å². The van der Waals surface area contributed by atoms with Crippen molar-refractivity contribution >= 4 is 11.5 Å². The van der Waals surface area contributed by atoms with E-state index in [-0.39, 0.29) is 11.1 Å². The average molecular weight is 281 g/mol. The zero-order valence-electron chi connectivity index (χ0n) is 12.2. The first-order valence-electron chi connectivity index (χ1n) is 6.82. The molecule has 2 N–H and O–H groups in total. The molecule has 0 unspecified atom stereocenters. The maximum atomic E-state index is 13.8. The number of carbonyl (C=O) groups is 1. The number of hydrogen-bond acceptors (Lipinski definition) is 1. The highest BCUT2D eigenvalue weighted by Crippen LogP contribution is 2.35. The first-order valence-corrected chi connectivity index (χ1v) is 6.82. The van der Waals surface area contributed by atoms with Crippen molar-refractivity contribution < 1.29 is 13.6 Å². The molecular weight excluding hydrogens is 260 g/mol. The van der Waals surface area contributed by atoms with Crippen LogP contribution in [0.15, 0.2) is 24.3 Å². The third-order valence-electron chi connectivity index (χ3n) is 3.09. The van der Waals surface area contributed by atoms with Crippen molar-refractivity contribution in [3.05, 3.63) is 41.0 Å². The number of carbonyl (C=O) groups excluding carboxylic acids is 1. The van der Waals surface area contributed by atoms with Gasteiger partial charge in [0.1, 0.15) is 0 Å². The van der Waals surface area contributed by atoms with E-state index in [0.717, 1.165) is 31.8 Å². The lowest BCUT2D eigenvalue weighted by Gasteiger charge is -2.19. The van der Waals surface area contributed by atoms with Gasteiger partial charge in [0, 0.05) is 18.1 Å². The fourth-order valence-corrected chi connectivity index (χ4v) is 2.20. The second-order valence-electron chi connectivity index (χ2n) is 4.90. The van der Waals surface area contributed by atoms with E-state index in [1.807, 2.05) is 19.9 Å². The van der Waals surface area contributed by atoms with E-state index < -0.39 is 11.8 Å². The number of benzene rings is 1. The van der Waals surface area contributed by atoms with Gasteiger partial charge in [-0.15, -0.1) is 0 Å². The molecule has 0 aliphatic rings. The molecule has 20 heavy (non-hydrogen) atoms. The van der Waals surface area contributed by atoms with Gasteiger partial charge in [-0.1, -0.05) is 32.4 Å². The fourth-order valence-electron chi connectivity index (χ4n) is 2.20. The van der Waals surface area contributed by atoms with Gasteiger partial charge in [0.2, 0.25) is 5.91 Å². The van der Waals surface area contributed by atoms with Crippen LogP contribution in [0.25, 0.3) is 5.57 Å². The number of rotatable bonds is 6. The van der Waals surface area contributed by atoms with Crippen LogP contribution in [-0.4, -0.2) is 5.91 Å². The first kappa shape index (κ1) is 16.3. The van der Waals surface area contributed by atoms with Gasteiger partial charge >= 0.3 is 0 Å². The van der Waals surface area contributed by atoms with Crippen LogP contribution in [0.3, 0.4) is 0 Å². The minimum atomic E-state index is -3.01. The number of primary amides is 1. The molecule has 1 aromatic rings. The SMILES string of the molecule is CCC=C(CCC)c1ccc(C(N)=O)cc1C(C)(F)F. The molecule has 2 nitrogen and oxygen atoms in total. The summed E-state index contributed by atoms with van der Waals surface area (Å²) in [6.07, 6.45) is 4.34. The Labute approximate surface area is 118 Å². The molecule has 0 spiro atoms. The summed E-state index contributed by atoms with van der Waals surface area (Å²) < 4.78 is 27.6. The van der Waals surface area contributed by atoms with E-state index in [9.17, 15) is 13.6 Å². The number of nitrogens with two attached hydrogens (primary N) is 1. The van der Waals surface area contributed by atoms with E-state index >= 15 is 0 Å². The molecule has 0 aliphatic heterocycles. The highest BCUT2D eigenvalue weighted by Gasteiger charge is 2.29. The van der Waals surface area contributed by atoms with Crippen LogP contribution in [0, 0.1) is 0 Å². The Balaban J connectivity index is 3.45. The smallest absolute Gasteiger partial charge is 0.271 e. The van der Waals surface area contributed by atoms with Gasteiger partial charge in [0.15, 0.2) is 0 Å². The Hall–Kier alpha value is -1.71. The van der Waals surface area contributed by atoms with E-state index in [2.05, 4.69) is 0 Å². The van der Waals surface area contributed by atoms with Crippen LogP contribution in [-0.2, 0) is 5.92 Å². The minimum Gasteiger partial charge on any atom is -0.366 e. The van der Waals surface area contributed by atoms with Crippen LogP contribution in [0.5, 0.6) is 0 Å². The van der Waals surface area contributed by atoms with Crippen molar-refractivity contribution in [1.82, 2.24) is 0 Å². The van der Waals surface area contributed by atoms with Crippen molar-refractivity contribution in [3.8, 4) is 0 Å². The molecular formula is C16H21F2NO. The topological polar surface area (TPSA) is 43.1 Å². The molecule has 0 bridgehead atoms. The van der Waals surface area contributed by atoms with Gasteiger partial charge < -0.3 is 5.73 Å². The number of allylic oxidation sites excluding steroid dienone is 2. The first-order chi connectivity index (χ1) is 9.31. The molecule has 0 saturated carbocycles. The van der Waals surface area contributed by atoms with E-state index in [1.54, 1.807) is 6.07 Å². The number of amides is 1. The summed E-state index contributed by atoms with van der Waals surface area (Å²) in [5.74, 6) is -3.71. The number of hydrogen-bond donors (Lipinski definition) is 1. The largest absolute Gasteiger partial charge is 0.366 e. The third kappa shape index (κ3) is 3.89. The molecule has 0 atom stereocenters. The van der Waals surface area contributed by atoms with E-state index in [0.29, 0.717) is 5.56 Å². The zero-order chi connectivity index (χ0) is 15.3. The summed E-state index contributed by atoms with van der Waals surface area (Å²) in [6, 6.07) is 4.28. The molecule has 0 fully saturated rings. The van der Waals surface area contributed by atoms with Crippen LogP contribution in [0.2, 0.25) is 0 Å². The van der Waals surface area contributed by atoms with Crippen molar-refractivity contribution in [3.63, 3.8) is 0 Å². The molecule has 1 rings (SSSR count). The van der Waals surface area contributed by atoms with Gasteiger partial charge in [0.05, 0.1) is 0 Å². The van der Waals surface area contributed by atoms with E-state index in [4.69, 9.17) is 5.73 Å². The summed E-state index contributed by atoms with van der Waals surface area (Å²) in [6.45, 7) is 4.81. The fraction of sp³-hybridized carbons (Fsp3) is 0.438. The third-order valence-corrected chi connectivity index (χ3v) is 3.09. The summed E-state index contributed by atoms with van der Waals surface area (Å²) >= 11 is 0. The molecule has 1 aromatic carbocycles. The highest BCUT2D eigenvalue weighted by atomic mass is 19.3. The normalized spacial score (nSPS) is 12.6. The quantitative estimate of drug-likeness (QED) is 0.820. The lowest BCUT2D eigenvalue weighted by molar-refractivity contribution is 0.0171. The number of alkyl halides is 2. The van der Waals surface area contributed by atoms with Crippen molar-refractivity contribution in [2.24, 2.45) is 5.73 Å². The van der Waals surface area contributed by atoms with Crippen LogP contribution in [0.4, 0.5) is 8.78 Å². The van der Waals surface area contributed by atoms with Gasteiger partial charge in [-0.3, -0.25) is 4.79 Å². The molecule has 1 amide bonds. The minimum absolute atomic E-state index is 0.109. The summed E-state index contributed by atoms with van der Waals surface area (Å²) in [7, 11) is 0. The maximum Gasteiger partial charge on any atom is 0.271 e. The monoisotopic (exact) mass is 281 g/mol. The molecule has 110 valence electrons. The summed E-state index contributed by atoms with van der Waals surface area (Å²) in [5.41, 5.74) is 6.54. The Bertz CT molecular complexity index is 516. The number of halogens is 2. The maximum absolute atomic E-state index is 13.8. The second-order valence-corrected chi connectivity index (χ2v) is 4.90. The van der Waals surface area contributed by atoms with Gasteiger partial charge in [-0.25, -0.2) is 8.78 Å². The highest BCUT2D eigenvalue weighted by molar-refractivity contribution is 5.93. The Kier molecular flexibility index (Phi) is 5.43. The lowest BCUT2D eigenvalue weighted by atomic mass is 9.91. The van der Waals surface area contributed by atoms with Crippen molar-refractivity contribution in [2.75, 3.05) is 0 Å². The molecule has 0 saturated heterocycles.